The van der Waals surface area contributed by atoms with Crippen molar-refractivity contribution < 1.29 is 24.1 Å². The van der Waals surface area contributed by atoms with Crippen molar-refractivity contribution in [3.8, 4) is 56.3 Å². The van der Waals surface area contributed by atoms with Crippen LogP contribution in [0.25, 0.3) is 55.8 Å². The van der Waals surface area contributed by atoms with E-state index in [4.69, 9.17) is 19.7 Å². The summed E-state index contributed by atoms with van der Waals surface area (Å²) in [5.41, 5.74) is 18.3. The van der Waals surface area contributed by atoms with Crippen LogP contribution in [0.4, 0.5) is 17.2 Å². The summed E-state index contributed by atoms with van der Waals surface area (Å²) in [6.07, 6.45) is 9.75. The van der Waals surface area contributed by atoms with Crippen LogP contribution >= 0.6 is 0 Å². The standard InChI is InChI=1S/C67H52N6O.Pt/c1-65(2,3)46-30-35-70-63(38-46)73-59-25-14-13-24-55(59)67(57-41-68-33-31-53(57)54-32-34-69-42-58(54)67)56-29-28-49(40-62(56)73)74-50-37-47(66(4,5)6)36-48(39-50)71-43-72(61-27-16-15-26-60(61)71)64-51(44-18-9-7-10-19-44)22-17-23-52(64)45-20-11-8-12-21-45;/h7-38,41-42H,1-6H3;/q-2;. The molecule has 1 spiro atoms. The summed E-state index contributed by atoms with van der Waals surface area (Å²) < 4.78 is 12.9. The fourth-order valence-electron chi connectivity index (χ4n) is 11.4. The zero-order chi connectivity index (χ0) is 51.2. The first-order valence-corrected chi connectivity index (χ1v) is 26.5. The maximum absolute atomic E-state index is 7.17. The second-order valence-electron chi connectivity index (χ2n) is 21.5. The third kappa shape index (κ3) is 7.50. The molecule has 8 heteroatoms. The fourth-order valence-corrected chi connectivity index (χ4v) is 12.5. The van der Waals surface area contributed by atoms with E-state index >= 15 is 0 Å². The Morgan fingerprint density at radius 2 is 1.09 bits per heavy atom. The molecule has 0 saturated heterocycles. The molecule has 0 unspecified atom stereocenters. The number of rotatable bonds is 7. The average molecular weight is 1150 g/mol. The summed E-state index contributed by atoms with van der Waals surface area (Å²) in [5, 5.41) is 0. The van der Waals surface area contributed by atoms with Crippen LogP contribution in [-0.2, 0) is 35.6 Å². The van der Waals surface area contributed by atoms with Gasteiger partial charge in [0.25, 0.3) is 0 Å². The molecular formula is C67H52N6OPt-2. The molecular weight excluding hydrogens is 1100 g/mol. The van der Waals surface area contributed by atoms with Gasteiger partial charge in [-0.1, -0.05) is 39.0 Å². The van der Waals surface area contributed by atoms with Crippen LogP contribution in [0.1, 0.15) is 74.9 Å². The van der Waals surface area contributed by atoms with E-state index in [1.807, 2.05) is 31.0 Å². The van der Waals surface area contributed by atoms with E-state index in [1.165, 1.54) is 5.56 Å². The number of anilines is 3. The monoisotopic (exact) mass is 1150 g/mol. The van der Waals surface area contributed by atoms with E-state index in [1.54, 1.807) is 0 Å². The Kier molecular flexibility index (Phi) is 11.0. The Bertz CT molecular complexity index is 4000. The molecule has 2 aliphatic rings. The van der Waals surface area contributed by atoms with Crippen LogP contribution in [0.3, 0.4) is 0 Å². The molecule has 368 valence electrons. The first kappa shape index (κ1) is 46.5. The normalized spacial score (nSPS) is 13.4. The zero-order valence-corrected chi connectivity index (χ0v) is 44.8. The van der Waals surface area contributed by atoms with E-state index in [0.717, 1.165) is 105 Å². The summed E-state index contributed by atoms with van der Waals surface area (Å²) in [6, 6.07) is 70.3. The Morgan fingerprint density at radius 3 is 1.73 bits per heavy atom. The number of para-hydroxylation sites is 4. The van der Waals surface area contributed by atoms with Gasteiger partial charge in [-0.3, -0.25) is 9.97 Å². The number of hydrogen-bond donors (Lipinski definition) is 0. The Balaban J connectivity index is 1.02. The second-order valence-corrected chi connectivity index (χ2v) is 22.5. The molecule has 1 aliphatic heterocycles. The number of pyridine rings is 3. The molecule has 75 heavy (non-hydrogen) atoms. The number of fused-ring (bicyclic) bond motifs is 10. The molecule has 7 nitrogen and oxygen atoms in total. The van der Waals surface area contributed by atoms with Gasteiger partial charge in [0.2, 0.25) is 0 Å². The molecule has 0 N–H and O–H groups in total. The molecule has 11 aromatic rings. The van der Waals surface area contributed by atoms with Crippen LogP contribution in [0.15, 0.2) is 207 Å². The van der Waals surface area contributed by atoms with E-state index < -0.39 is 5.41 Å². The molecule has 0 atom stereocenters. The van der Waals surface area contributed by atoms with Crippen molar-refractivity contribution in [3.05, 3.63) is 256 Å². The molecule has 7 aromatic carbocycles. The Labute approximate surface area is 448 Å². The van der Waals surface area contributed by atoms with Gasteiger partial charge in [-0.15, -0.1) is 0 Å². The van der Waals surface area contributed by atoms with E-state index in [9.17, 15) is 0 Å². The van der Waals surface area contributed by atoms with Crippen molar-refractivity contribution in [1.82, 2.24) is 24.1 Å². The topological polar surface area (TPSA) is 61.0 Å². The van der Waals surface area contributed by atoms with Crippen molar-refractivity contribution in [1.29, 1.82) is 0 Å². The third-order valence-electron chi connectivity index (χ3n) is 14.9. The molecule has 4 aromatic heterocycles. The predicted molar refractivity (Wildman–Crippen MR) is 297 cm³/mol. The first-order chi connectivity index (χ1) is 36.4. The van der Waals surface area contributed by atoms with Gasteiger partial charge in [0.15, 0.2) is 0 Å². The molecule has 13 rings (SSSR count). The summed E-state index contributed by atoms with van der Waals surface area (Å²) in [7, 11) is 0. The van der Waals surface area contributed by atoms with Crippen LogP contribution in [0.5, 0.6) is 11.5 Å². The minimum absolute atomic E-state index is 0.115. The predicted octanol–water partition coefficient (Wildman–Crippen LogP) is 16.2. The van der Waals surface area contributed by atoms with Crippen molar-refractivity contribution in [3.63, 3.8) is 0 Å². The van der Waals surface area contributed by atoms with Crippen molar-refractivity contribution in [2.75, 3.05) is 4.90 Å². The van der Waals surface area contributed by atoms with Gasteiger partial charge in [-0.05, 0) is 40.3 Å². The van der Waals surface area contributed by atoms with Crippen LogP contribution in [0, 0.1) is 15.9 Å². The summed E-state index contributed by atoms with van der Waals surface area (Å²) in [5.74, 6) is 1.93. The fraction of sp³-hybridized carbons (Fsp3) is 0.134. The SMILES string of the molecule is CC(C)(C)c1cc(Oc2[c-]c3c(cc2)C2(c4cnccc4-c4ccncc42)c2ccccc2N3c2cc(C(C)(C)C)ccn2)[c-]c(-n2[c](=[Pt])n(-c3c(-c4ccccc4)cccc3-c3ccccc3)c3ccccc32)c1. The number of aromatic nitrogens is 5. The van der Waals surface area contributed by atoms with Gasteiger partial charge in [-0.25, -0.2) is 0 Å². The van der Waals surface area contributed by atoms with E-state index in [2.05, 4.69) is 263 Å². The van der Waals surface area contributed by atoms with Crippen LogP contribution in [0.2, 0.25) is 0 Å². The van der Waals surface area contributed by atoms with Crippen LogP contribution < -0.4 is 9.64 Å². The number of hydrogen-bond acceptors (Lipinski definition) is 5. The van der Waals surface area contributed by atoms with Gasteiger partial charge >= 0.3 is 331 Å². The number of nitrogens with zero attached hydrogens (tertiary/aromatic N) is 6. The molecule has 0 amide bonds. The number of ether oxygens (including phenoxy) is 1. The van der Waals surface area contributed by atoms with E-state index in [-0.39, 0.29) is 10.8 Å². The van der Waals surface area contributed by atoms with Gasteiger partial charge in [0, 0.05) is 31.0 Å². The van der Waals surface area contributed by atoms with Gasteiger partial charge in [-0.2, -0.15) is 0 Å². The second kappa shape index (κ2) is 17.7. The number of imidazole rings is 1. The summed E-state index contributed by atoms with van der Waals surface area (Å²) in [6.45, 7) is 13.5. The molecule has 0 fully saturated rings. The number of benzene rings is 7. The third-order valence-corrected chi connectivity index (χ3v) is 16.0. The Hall–Kier alpha value is -8.25. The minimum atomic E-state index is -0.751. The summed E-state index contributed by atoms with van der Waals surface area (Å²) in [4.78, 5) is 16.9. The van der Waals surface area contributed by atoms with Crippen molar-refractivity contribution in [2.45, 2.75) is 57.8 Å². The van der Waals surface area contributed by atoms with Crippen LogP contribution in [-0.4, -0.2) is 24.1 Å². The Morgan fingerprint density at radius 1 is 0.493 bits per heavy atom. The molecule has 0 bridgehead atoms. The van der Waals surface area contributed by atoms with Gasteiger partial charge < -0.3 is 0 Å². The zero-order valence-electron chi connectivity index (χ0n) is 42.5. The molecule has 0 saturated carbocycles. The first-order valence-electron chi connectivity index (χ1n) is 25.4. The van der Waals surface area contributed by atoms with Crippen molar-refractivity contribution >= 4 is 28.2 Å². The van der Waals surface area contributed by atoms with Crippen molar-refractivity contribution in [2.24, 2.45) is 0 Å². The average Bonchev–Trinajstić information content (AvgIpc) is 4.12. The van der Waals surface area contributed by atoms with Gasteiger partial charge in [0.05, 0.1) is 0 Å². The molecule has 0 radical (unpaired) electrons. The molecule has 5 heterocycles. The maximum atomic E-state index is 7.17. The quantitative estimate of drug-likeness (QED) is 0.149. The molecule has 1 aliphatic carbocycles. The summed E-state index contributed by atoms with van der Waals surface area (Å²) >= 11 is 2.51. The van der Waals surface area contributed by atoms with Gasteiger partial charge in [0.1, 0.15) is 0 Å². The van der Waals surface area contributed by atoms with E-state index in [0.29, 0.717) is 11.5 Å².